The number of guanidine groups is 1. The number of rotatable bonds is 6. The molecule has 0 saturated carbocycles. The number of aliphatic imine (C=N–C) groups is 1. The standard InChI is InChI=1S/C17H23ClN6.HI/c1-5-10-19-17(20-11-16-22-21-13(2)24(16)4)23(3)12-14-8-6-7-9-15(14)18;/h5-9H,1,10-12H2,2-4H3,(H,19,20);1H. The van der Waals surface area contributed by atoms with Crippen molar-refractivity contribution in [1.29, 1.82) is 0 Å². The highest BCUT2D eigenvalue weighted by Gasteiger charge is 2.10. The molecule has 0 unspecified atom stereocenters. The summed E-state index contributed by atoms with van der Waals surface area (Å²) in [6, 6.07) is 7.80. The van der Waals surface area contributed by atoms with Gasteiger partial charge in [0.15, 0.2) is 11.8 Å². The molecule has 0 radical (unpaired) electrons. The van der Waals surface area contributed by atoms with Crippen molar-refractivity contribution >= 4 is 41.5 Å². The highest BCUT2D eigenvalue weighted by atomic mass is 127. The van der Waals surface area contributed by atoms with E-state index in [9.17, 15) is 0 Å². The first-order valence-electron chi connectivity index (χ1n) is 7.71. The molecule has 8 heteroatoms. The van der Waals surface area contributed by atoms with E-state index in [2.05, 4.69) is 27.1 Å². The molecule has 0 spiro atoms. The maximum Gasteiger partial charge on any atom is 0.194 e. The summed E-state index contributed by atoms with van der Waals surface area (Å²) in [5, 5.41) is 12.2. The van der Waals surface area contributed by atoms with Crippen molar-refractivity contribution in [1.82, 2.24) is 25.0 Å². The largest absolute Gasteiger partial charge is 0.353 e. The van der Waals surface area contributed by atoms with Crippen molar-refractivity contribution in [2.75, 3.05) is 13.6 Å². The minimum atomic E-state index is 0. The van der Waals surface area contributed by atoms with E-state index in [0.29, 0.717) is 19.6 Å². The number of aromatic nitrogens is 3. The van der Waals surface area contributed by atoms with E-state index in [1.807, 2.05) is 54.8 Å². The summed E-state index contributed by atoms with van der Waals surface area (Å²) in [5.74, 6) is 2.44. The molecule has 0 fully saturated rings. The summed E-state index contributed by atoms with van der Waals surface area (Å²) in [7, 11) is 3.91. The Morgan fingerprint density at radius 1 is 1.40 bits per heavy atom. The predicted octanol–water partition coefficient (Wildman–Crippen LogP) is 3.16. The average molecular weight is 475 g/mol. The summed E-state index contributed by atoms with van der Waals surface area (Å²) in [6.45, 7) is 7.39. The van der Waals surface area contributed by atoms with Gasteiger partial charge in [0.2, 0.25) is 0 Å². The average Bonchev–Trinajstić information content (AvgIpc) is 2.89. The van der Waals surface area contributed by atoms with Crippen LogP contribution in [0, 0.1) is 6.92 Å². The van der Waals surface area contributed by atoms with Gasteiger partial charge in [-0.3, -0.25) is 0 Å². The molecule has 1 aromatic heterocycles. The second-order valence-electron chi connectivity index (χ2n) is 5.48. The molecule has 1 heterocycles. The van der Waals surface area contributed by atoms with E-state index in [1.165, 1.54) is 0 Å². The third kappa shape index (κ3) is 6.00. The number of hydrogen-bond donors (Lipinski definition) is 1. The van der Waals surface area contributed by atoms with Crippen LogP contribution in [0.25, 0.3) is 0 Å². The number of aryl methyl sites for hydroxylation is 1. The van der Waals surface area contributed by atoms with Crippen LogP contribution in [0.3, 0.4) is 0 Å². The molecule has 6 nitrogen and oxygen atoms in total. The Kier molecular flexibility index (Phi) is 8.91. The third-order valence-electron chi connectivity index (χ3n) is 3.68. The fraction of sp³-hybridized carbons (Fsp3) is 0.353. The van der Waals surface area contributed by atoms with Gasteiger partial charge >= 0.3 is 0 Å². The Bertz CT molecular complexity index is 728. The molecule has 2 rings (SSSR count). The Hall–Kier alpha value is -1.61. The quantitative estimate of drug-likeness (QED) is 0.302. The van der Waals surface area contributed by atoms with Crippen LogP contribution in [0.5, 0.6) is 0 Å². The minimum Gasteiger partial charge on any atom is -0.353 e. The lowest BCUT2D eigenvalue weighted by Crippen LogP contribution is -2.38. The van der Waals surface area contributed by atoms with Crippen LogP contribution in [-0.2, 0) is 20.1 Å². The van der Waals surface area contributed by atoms with E-state index in [1.54, 1.807) is 6.08 Å². The molecule has 0 atom stereocenters. The summed E-state index contributed by atoms with van der Waals surface area (Å²) < 4.78 is 1.93. The van der Waals surface area contributed by atoms with Gasteiger partial charge in [0.05, 0.1) is 0 Å². The molecular formula is C17H24ClIN6. The second-order valence-corrected chi connectivity index (χ2v) is 5.89. The second kappa shape index (κ2) is 10.4. The number of hydrogen-bond acceptors (Lipinski definition) is 3. The molecule has 0 aliphatic rings. The van der Waals surface area contributed by atoms with Crippen molar-refractivity contribution < 1.29 is 0 Å². The van der Waals surface area contributed by atoms with Crippen molar-refractivity contribution in [2.24, 2.45) is 12.0 Å². The molecule has 0 bridgehead atoms. The molecule has 2 aromatic rings. The first-order valence-corrected chi connectivity index (χ1v) is 8.09. The summed E-state index contributed by atoms with van der Waals surface area (Å²) in [5.41, 5.74) is 1.05. The lowest BCUT2D eigenvalue weighted by Gasteiger charge is -2.22. The van der Waals surface area contributed by atoms with Crippen LogP contribution >= 0.6 is 35.6 Å². The fourth-order valence-electron chi connectivity index (χ4n) is 2.17. The Balaban J connectivity index is 0.00000312. The van der Waals surface area contributed by atoms with Gasteiger partial charge < -0.3 is 14.8 Å². The van der Waals surface area contributed by atoms with Crippen LogP contribution < -0.4 is 5.32 Å². The van der Waals surface area contributed by atoms with E-state index in [0.717, 1.165) is 28.2 Å². The van der Waals surface area contributed by atoms with E-state index >= 15 is 0 Å². The number of nitrogens with one attached hydrogen (secondary N) is 1. The van der Waals surface area contributed by atoms with Gasteiger partial charge in [0.25, 0.3) is 0 Å². The SMILES string of the molecule is C=CCNC(=NCc1nnc(C)n1C)N(C)Cc1ccccc1Cl.I. The number of halogens is 2. The maximum absolute atomic E-state index is 6.25. The van der Waals surface area contributed by atoms with Gasteiger partial charge in [0.1, 0.15) is 12.4 Å². The molecule has 25 heavy (non-hydrogen) atoms. The van der Waals surface area contributed by atoms with Crippen molar-refractivity contribution in [3.63, 3.8) is 0 Å². The lowest BCUT2D eigenvalue weighted by molar-refractivity contribution is 0.477. The molecule has 0 aliphatic carbocycles. The van der Waals surface area contributed by atoms with Crippen molar-refractivity contribution in [3.8, 4) is 0 Å². The zero-order valence-electron chi connectivity index (χ0n) is 14.7. The van der Waals surface area contributed by atoms with Crippen LogP contribution in [0.4, 0.5) is 0 Å². The molecule has 0 aliphatic heterocycles. The van der Waals surface area contributed by atoms with Crippen molar-refractivity contribution in [2.45, 2.75) is 20.0 Å². The molecule has 0 amide bonds. The maximum atomic E-state index is 6.25. The lowest BCUT2D eigenvalue weighted by atomic mass is 10.2. The number of nitrogens with zero attached hydrogens (tertiary/aromatic N) is 5. The summed E-state index contributed by atoms with van der Waals surface area (Å²) in [6.07, 6.45) is 1.80. The topological polar surface area (TPSA) is 58.3 Å². The highest BCUT2D eigenvalue weighted by molar-refractivity contribution is 14.0. The monoisotopic (exact) mass is 474 g/mol. The van der Waals surface area contributed by atoms with Gasteiger partial charge in [0, 0.05) is 32.2 Å². The minimum absolute atomic E-state index is 0. The van der Waals surface area contributed by atoms with Crippen LogP contribution in [0.1, 0.15) is 17.2 Å². The first-order chi connectivity index (χ1) is 11.5. The Morgan fingerprint density at radius 2 is 2.12 bits per heavy atom. The molecule has 1 N–H and O–H groups in total. The Labute approximate surface area is 171 Å². The highest BCUT2D eigenvalue weighted by Crippen LogP contribution is 2.16. The normalized spacial score (nSPS) is 11.0. The summed E-state index contributed by atoms with van der Waals surface area (Å²) in [4.78, 5) is 6.67. The fourth-order valence-corrected chi connectivity index (χ4v) is 2.36. The van der Waals surface area contributed by atoms with Crippen LogP contribution in [0.15, 0.2) is 41.9 Å². The molecule has 136 valence electrons. The van der Waals surface area contributed by atoms with E-state index in [-0.39, 0.29) is 24.0 Å². The molecular weight excluding hydrogens is 451 g/mol. The first kappa shape index (κ1) is 21.4. The van der Waals surface area contributed by atoms with Gasteiger partial charge in [-0.25, -0.2) is 4.99 Å². The van der Waals surface area contributed by atoms with Gasteiger partial charge in [-0.1, -0.05) is 35.9 Å². The molecule has 1 aromatic carbocycles. The molecule has 0 saturated heterocycles. The zero-order valence-corrected chi connectivity index (χ0v) is 17.8. The van der Waals surface area contributed by atoms with Gasteiger partial charge in [-0.05, 0) is 18.6 Å². The van der Waals surface area contributed by atoms with E-state index < -0.39 is 0 Å². The summed E-state index contributed by atoms with van der Waals surface area (Å²) >= 11 is 6.25. The predicted molar refractivity (Wildman–Crippen MR) is 113 cm³/mol. The number of benzene rings is 1. The van der Waals surface area contributed by atoms with E-state index in [4.69, 9.17) is 11.6 Å². The van der Waals surface area contributed by atoms with Gasteiger partial charge in [-0.15, -0.1) is 40.8 Å². The van der Waals surface area contributed by atoms with Crippen LogP contribution in [-0.4, -0.2) is 39.2 Å². The smallest absolute Gasteiger partial charge is 0.194 e. The van der Waals surface area contributed by atoms with Crippen molar-refractivity contribution in [3.05, 3.63) is 59.2 Å². The van der Waals surface area contributed by atoms with Gasteiger partial charge in [-0.2, -0.15) is 0 Å². The zero-order chi connectivity index (χ0) is 17.5. The Morgan fingerprint density at radius 3 is 2.72 bits per heavy atom. The van der Waals surface area contributed by atoms with Crippen LogP contribution in [0.2, 0.25) is 5.02 Å². The third-order valence-corrected chi connectivity index (χ3v) is 4.05.